The highest BCUT2D eigenvalue weighted by molar-refractivity contribution is 4.70. The molecule has 0 spiro atoms. The van der Waals surface area contributed by atoms with Gasteiger partial charge in [-0.1, -0.05) is 40.2 Å². The van der Waals surface area contributed by atoms with Crippen LogP contribution in [0.3, 0.4) is 0 Å². The molecule has 0 fully saturated rings. The number of ether oxygens (including phenoxy) is 1. The Kier molecular flexibility index (Phi) is 12.7. The lowest BCUT2D eigenvalue weighted by Crippen LogP contribution is -2.30. The molecule has 2 nitrogen and oxygen atoms in total. The summed E-state index contributed by atoms with van der Waals surface area (Å²) in [5.41, 5.74) is 0.382. The van der Waals surface area contributed by atoms with E-state index in [-0.39, 0.29) is 5.60 Å². The SMILES string of the molecule is C=CCCC.CNCCC(C)(C)OCCC(C)(C)C. The zero-order chi connectivity index (χ0) is 15.4. The topological polar surface area (TPSA) is 21.3 Å². The lowest BCUT2D eigenvalue weighted by atomic mass is 9.93. The first-order chi connectivity index (χ1) is 8.68. The fraction of sp³-hybridized carbons (Fsp3) is 0.882. The number of hydrogen-bond donors (Lipinski definition) is 1. The minimum absolute atomic E-state index is 0.00819. The van der Waals surface area contributed by atoms with Gasteiger partial charge in [0.2, 0.25) is 0 Å². The predicted octanol–water partition coefficient (Wildman–Crippen LogP) is 4.80. The normalized spacial score (nSPS) is 11.7. The minimum Gasteiger partial charge on any atom is -0.376 e. The van der Waals surface area contributed by atoms with Gasteiger partial charge in [0.1, 0.15) is 0 Å². The smallest absolute Gasteiger partial charge is 0.0638 e. The Morgan fingerprint density at radius 2 is 1.68 bits per heavy atom. The summed E-state index contributed by atoms with van der Waals surface area (Å²) in [5, 5.41) is 3.15. The standard InChI is InChI=1S/C12H27NO.C5H10/c1-11(2,3)8-10-14-12(4,5)7-9-13-6;1-3-5-4-2/h13H,7-10H2,1-6H3;3H,1,4-5H2,2H3. The zero-order valence-electron chi connectivity index (χ0n) is 14.4. The van der Waals surface area contributed by atoms with Gasteiger partial charge >= 0.3 is 0 Å². The highest BCUT2D eigenvalue weighted by Crippen LogP contribution is 2.21. The third-order valence-corrected chi connectivity index (χ3v) is 2.81. The van der Waals surface area contributed by atoms with E-state index in [4.69, 9.17) is 4.74 Å². The van der Waals surface area contributed by atoms with Crippen molar-refractivity contribution in [3.63, 3.8) is 0 Å². The second kappa shape index (κ2) is 11.5. The molecule has 1 N–H and O–H groups in total. The largest absolute Gasteiger partial charge is 0.376 e. The van der Waals surface area contributed by atoms with E-state index in [1.807, 2.05) is 13.1 Å². The van der Waals surface area contributed by atoms with E-state index in [1.54, 1.807) is 0 Å². The van der Waals surface area contributed by atoms with Crippen LogP contribution in [-0.4, -0.2) is 25.8 Å². The van der Waals surface area contributed by atoms with Crippen molar-refractivity contribution in [3.8, 4) is 0 Å². The van der Waals surface area contributed by atoms with Crippen LogP contribution in [0.5, 0.6) is 0 Å². The van der Waals surface area contributed by atoms with Crippen LogP contribution in [-0.2, 0) is 4.74 Å². The van der Waals surface area contributed by atoms with Crippen molar-refractivity contribution in [2.45, 2.75) is 72.8 Å². The molecule has 0 atom stereocenters. The average molecular weight is 271 g/mol. The maximum atomic E-state index is 5.87. The minimum atomic E-state index is 0.00819. The molecule has 0 amide bonds. The molecule has 0 aromatic carbocycles. The van der Waals surface area contributed by atoms with Crippen molar-refractivity contribution in [2.75, 3.05) is 20.2 Å². The summed E-state index contributed by atoms with van der Waals surface area (Å²) >= 11 is 0. The van der Waals surface area contributed by atoms with Crippen LogP contribution >= 0.6 is 0 Å². The second-order valence-electron chi connectivity index (χ2n) is 6.85. The Labute approximate surface area is 122 Å². The van der Waals surface area contributed by atoms with Gasteiger partial charge in [-0.05, 0) is 52.1 Å². The third kappa shape index (κ3) is 20.2. The highest BCUT2D eigenvalue weighted by atomic mass is 16.5. The molecular formula is C17H37NO. The summed E-state index contributed by atoms with van der Waals surface area (Å²) in [5.74, 6) is 0. The van der Waals surface area contributed by atoms with Crippen LogP contribution in [0.15, 0.2) is 12.7 Å². The summed E-state index contributed by atoms with van der Waals surface area (Å²) in [6.45, 7) is 18.6. The van der Waals surface area contributed by atoms with Crippen LogP contribution in [0.25, 0.3) is 0 Å². The molecule has 0 aliphatic heterocycles. The molecule has 116 valence electrons. The maximum Gasteiger partial charge on any atom is 0.0638 e. The first-order valence-electron chi connectivity index (χ1n) is 7.58. The summed E-state index contributed by atoms with van der Waals surface area (Å²) in [4.78, 5) is 0. The van der Waals surface area contributed by atoms with Gasteiger partial charge in [0.25, 0.3) is 0 Å². The number of unbranched alkanes of at least 4 members (excludes halogenated alkanes) is 1. The number of nitrogens with one attached hydrogen (secondary N) is 1. The Balaban J connectivity index is 0. The molecule has 19 heavy (non-hydrogen) atoms. The fourth-order valence-corrected chi connectivity index (χ4v) is 1.34. The van der Waals surface area contributed by atoms with E-state index in [1.165, 1.54) is 6.42 Å². The molecule has 0 radical (unpaired) electrons. The monoisotopic (exact) mass is 271 g/mol. The van der Waals surface area contributed by atoms with Crippen molar-refractivity contribution in [2.24, 2.45) is 5.41 Å². The van der Waals surface area contributed by atoms with Crippen LogP contribution in [0.4, 0.5) is 0 Å². The average Bonchev–Trinajstić information content (AvgIpc) is 2.26. The Bertz CT molecular complexity index is 204. The molecule has 0 aliphatic rings. The Hall–Kier alpha value is -0.340. The first kappa shape index (κ1) is 21.0. The van der Waals surface area contributed by atoms with Gasteiger partial charge in [-0.25, -0.2) is 0 Å². The molecule has 0 aromatic rings. The van der Waals surface area contributed by atoms with Crippen molar-refractivity contribution < 1.29 is 4.74 Å². The van der Waals surface area contributed by atoms with E-state index in [0.29, 0.717) is 5.41 Å². The van der Waals surface area contributed by atoms with E-state index >= 15 is 0 Å². The predicted molar refractivity (Wildman–Crippen MR) is 87.8 cm³/mol. The molecule has 0 aromatic heterocycles. The summed E-state index contributed by atoms with van der Waals surface area (Å²) < 4.78 is 5.87. The first-order valence-corrected chi connectivity index (χ1v) is 7.58. The number of allylic oxidation sites excluding steroid dienone is 1. The molecule has 0 saturated carbocycles. The zero-order valence-corrected chi connectivity index (χ0v) is 14.4. The quantitative estimate of drug-likeness (QED) is 0.640. The molecule has 0 rings (SSSR count). The van der Waals surface area contributed by atoms with E-state index in [2.05, 4.69) is 53.4 Å². The maximum absolute atomic E-state index is 5.87. The van der Waals surface area contributed by atoms with Gasteiger partial charge in [-0.3, -0.25) is 0 Å². The summed E-state index contributed by atoms with van der Waals surface area (Å²) in [7, 11) is 1.98. The van der Waals surface area contributed by atoms with Gasteiger partial charge < -0.3 is 10.1 Å². The van der Waals surface area contributed by atoms with Crippen molar-refractivity contribution in [1.29, 1.82) is 0 Å². The van der Waals surface area contributed by atoms with Crippen LogP contribution in [0.2, 0.25) is 0 Å². The van der Waals surface area contributed by atoms with Crippen LogP contribution in [0.1, 0.15) is 67.2 Å². The molecule has 0 bridgehead atoms. The highest BCUT2D eigenvalue weighted by Gasteiger charge is 2.19. The number of hydrogen-bond acceptors (Lipinski definition) is 2. The van der Waals surface area contributed by atoms with Crippen molar-refractivity contribution >= 4 is 0 Å². The fourth-order valence-electron chi connectivity index (χ4n) is 1.34. The number of rotatable bonds is 8. The van der Waals surface area contributed by atoms with Gasteiger partial charge in [-0.2, -0.15) is 0 Å². The molecule has 0 heterocycles. The van der Waals surface area contributed by atoms with Crippen LogP contribution < -0.4 is 5.32 Å². The van der Waals surface area contributed by atoms with E-state index < -0.39 is 0 Å². The summed E-state index contributed by atoms with van der Waals surface area (Å²) in [6, 6.07) is 0. The lowest BCUT2D eigenvalue weighted by molar-refractivity contribution is -0.0322. The van der Waals surface area contributed by atoms with E-state index in [0.717, 1.165) is 32.4 Å². The van der Waals surface area contributed by atoms with Crippen molar-refractivity contribution in [3.05, 3.63) is 12.7 Å². The van der Waals surface area contributed by atoms with Crippen molar-refractivity contribution in [1.82, 2.24) is 5.32 Å². The summed E-state index contributed by atoms with van der Waals surface area (Å²) in [6.07, 6.45) is 6.49. The van der Waals surface area contributed by atoms with Crippen LogP contribution in [0, 0.1) is 5.41 Å². The third-order valence-electron chi connectivity index (χ3n) is 2.81. The lowest BCUT2D eigenvalue weighted by Gasteiger charge is -2.27. The second-order valence-corrected chi connectivity index (χ2v) is 6.85. The molecule has 0 saturated heterocycles. The Morgan fingerprint density at radius 3 is 2.00 bits per heavy atom. The molecule has 0 unspecified atom stereocenters. The molecule has 2 heteroatoms. The van der Waals surface area contributed by atoms with E-state index in [9.17, 15) is 0 Å². The van der Waals surface area contributed by atoms with Gasteiger partial charge in [0, 0.05) is 6.61 Å². The Morgan fingerprint density at radius 1 is 1.11 bits per heavy atom. The molecular weight excluding hydrogens is 234 g/mol. The van der Waals surface area contributed by atoms with Gasteiger partial charge in [-0.15, -0.1) is 6.58 Å². The van der Waals surface area contributed by atoms with Gasteiger partial charge in [0.05, 0.1) is 5.60 Å². The molecule has 0 aliphatic carbocycles. The van der Waals surface area contributed by atoms with Gasteiger partial charge in [0.15, 0.2) is 0 Å².